The van der Waals surface area contributed by atoms with Crippen molar-refractivity contribution in [1.82, 2.24) is 14.7 Å². The minimum absolute atomic E-state index is 0.587. The number of rotatable bonds is 10. The Labute approximate surface area is 240 Å². The van der Waals surface area contributed by atoms with Crippen LogP contribution in [0.25, 0.3) is 10.9 Å². The van der Waals surface area contributed by atoms with Crippen molar-refractivity contribution < 1.29 is 18.9 Å². The summed E-state index contributed by atoms with van der Waals surface area (Å²) >= 11 is 6.37. The van der Waals surface area contributed by atoms with Crippen LogP contribution in [-0.2, 0) is 13.0 Å². The molecule has 1 saturated heterocycles. The highest BCUT2D eigenvalue weighted by molar-refractivity contribution is 6.31. The topological polar surface area (TPSA) is 61.2 Å². The molecule has 0 radical (unpaired) electrons. The van der Waals surface area contributed by atoms with Gasteiger partial charge in [0.05, 0.1) is 46.2 Å². The zero-order chi connectivity index (χ0) is 28.2. The smallest absolute Gasteiger partial charge is 0.162 e. The van der Waals surface area contributed by atoms with Crippen molar-refractivity contribution in [2.45, 2.75) is 19.9 Å². The number of nitrogens with zero attached hydrogens (tertiary/aromatic N) is 4. The molecule has 1 aliphatic heterocycles. The zero-order valence-corrected chi connectivity index (χ0v) is 24.6. The summed E-state index contributed by atoms with van der Waals surface area (Å²) in [6.45, 7) is 7.54. The van der Waals surface area contributed by atoms with Crippen molar-refractivity contribution in [3.05, 3.63) is 70.4 Å². The Morgan fingerprint density at radius 2 is 1.48 bits per heavy atom. The fraction of sp³-hybridized carbons (Fsp3) is 0.387. The summed E-state index contributed by atoms with van der Waals surface area (Å²) in [5.74, 6) is 2.78. The molecule has 4 aromatic rings. The van der Waals surface area contributed by atoms with Gasteiger partial charge in [0.1, 0.15) is 0 Å². The number of ether oxygens (including phenoxy) is 4. The summed E-state index contributed by atoms with van der Waals surface area (Å²) in [4.78, 5) is 4.94. The highest BCUT2D eigenvalue weighted by Gasteiger charge is 2.21. The molecule has 212 valence electrons. The van der Waals surface area contributed by atoms with Crippen LogP contribution in [0, 0.1) is 6.92 Å². The van der Waals surface area contributed by atoms with Gasteiger partial charge in [0.2, 0.25) is 0 Å². The summed E-state index contributed by atoms with van der Waals surface area (Å²) in [5, 5.41) is 6.98. The van der Waals surface area contributed by atoms with Crippen molar-refractivity contribution in [2.24, 2.45) is 0 Å². The molecule has 0 unspecified atom stereocenters. The Kier molecular flexibility index (Phi) is 8.57. The van der Waals surface area contributed by atoms with Crippen molar-refractivity contribution in [3.63, 3.8) is 0 Å². The summed E-state index contributed by atoms with van der Waals surface area (Å²) in [7, 11) is 6.61. The second-order valence-electron chi connectivity index (χ2n) is 9.98. The first-order chi connectivity index (χ1) is 19.4. The Bertz CT molecular complexity index is 1480. The van der Waals surface area contributed by atoms with Gasteiger partial charge in [-0.15, -0.1) is 0 Å². The van der Waals surface area contributed by atoms with E-state index in [-0.39, 0.29) is 0 Å². The SMILES string of the molecule is COc1ccc(Cn2nc(CCN3CCN(c4cccc(Cl)c4C)CC3)c3cc(OC)c(OC)cc32)cc1OC. The number of fused-ring (bicyclic) bond motifs is 1. The highest BCUT2D eigenvalue weighted by Crippen LogP contribution is 2.35. The maximum Gasteiger partial charge on any atom is 0.162 e. The average molecular weight is 565 g/mol. The lowest BCUT2D eigenvalue weighted by Crippen LogP contribution is -2.47. The number of aromatic nitrogens is 2. The highest BCUT2D eigenvalue weighted by atomic mass is 35.5. The van der Waals surface area contributed by atoms with Crippen molar-refractivity contribution in [2.75, 3.05) is 66.1 Å². The van der Waals surface area contributed by atoms with Crippen LogP contribution in [0.3, 0.4) is 0 Å². The molecule has 0 bridgehead atoms. The molecule has 0 amide bonds. The lowest BCUT2D eigenvalue weighted by molar-refractivity contribution is 0.260. The Morgan fingerprint density at radius 1 is 0.800 bits per heavy atom. The fourth-order valence-electron chi connectivity index (χ4n) is 5.44. The summed E-state index contributed by atoms with van der Waals surface area (Å²) in [5.41, 5.74) is 5.49. The lowest BCUT2D eigenvalue weighted by Gasteiger charge is -2.36. The molecule has 40 heavy (non-hydrogen) atoms. The molecule has 0 atom stereocenters. The number of benzene rings is 3. The van der Waals surface area contributed by atoms with Crippen molar-refractivity contribution in [1.29, 1.82) is 0 Å². The number of anilines is 1. The van der Waals surface area contributed by atoms with Gasteiger partial charge in [0, 0.05) is 61.3 Å². The van der Waals surface area contributed by atoms with E-state index in [0.29, 0.717) is 29.5 Å². The number of hydrogen-bond acceptors (Lipinski definition) is 7. The second-order valence-corrected chi connectivity index (χ2v) is 10.4. The molecule has 1 fully saturated rings. The van der Waals surface area contributed by atoms with Crippen LogP contribution in [0.5, 0.6) is 23.0 Å². The van der Waals surface area contributed by atoms with E-state index in [4.69, 9.17) is 35.6 Å². The fourth-order valence-corrected chi connectivity index (χ4v) is 5.61. The maximum atomic E-state index is 6.37. The molecular weight excluding hydrogens is 528 g/mol. The minimum atomic E-state index is 0.587. The van der Waals surface area contributed by atoms with Gasteiger partial charge >= 0.3 is 0 Å². The first-order valence-corrected chi connectivity index (χ1v) is 13.9. The van der Waals surface area contributed by atoms with Crippen LogP contribution in [0.1, 0.15) is 16.8 Å². The Morgan fingerprint density at radius 3 is 2.17 bits per heavy atom. The molecule has 1 aromatic heterocycles. The van der Waals surface area contributed by atoms with Crippen molar-refractivity contribution >= 4 is 28.2 Å². The van der Waals surface area contributed by atoms with E-state index >= 15 is 0 Å². The monoisotopic (exact) mass is 564 g/mol. The minimum Gasteiger partial charge on any atom is -0.493 e. The first-order valence-electron chi connectivity index (χ1n) is 13.5. The van der Waals surface area contributed by atoms with Gasteiger partial charge in [-0.25, -0.2) is 0 Å². The molecule has 5 rings (SSSR count). The van der Waals surface area contributed by atoms with E-state index in [2.05, 4.69) is 22.8 Å². The standard InChI is InChI=1S/C31H37ClN4O4/c1-21-24(32)7-6-8-26(21)35-15-13-34(14-16-35)12-11-25-23-18-30(39-4)31(40-5)19-27(23)36(33-25)20-22-9-10-28(37-2)29(17-22)38-3/h6-10,17-19H,11-16,20H2,1-5H3. The van der Waals surface area contributed by atoms with Crippen LogP contribution in [-0.4, -0.2) is 75.8 Å². The zero-order valence-electron chi connectivity index (χ0n) is 23.9. The van der Waals surface area contributed by atoms with Gasteiger partial charge in [-0.2, -0.15) is 5.10 Å². The second kappa shape index (κ2) is 12.3. The van der Waals surface area contributed by atoms with Crippen LogP contribution >= 0.6 is 11.6 Å². The van der Waals surface area contributed by atoms with E-state index < -0.39 is 0 Å². The predicted molar refractivity (Wildman–Crippen MR) is 160 cm³/mol. The maximum absolute atomic E-state index is 6.37. The lowest BCUT2D eigenvalue weighted by atomic mass is 10.1. The third-order valence-corrected chi connectivity index (χ3v) is 8.14. The molecule has 0 spiro atoms. The molecule has 0 N–H and O–H groups in total. The third kappa shape index (κ3) is 5.64. The van der Waals surface area contributed by atoms with Crippen LogP contribution in [0.15, 0.2) is 48.5 Å². The van der Waals surface area contributed by atoms with Gasteiger partial charge in [0.15, 0.2) is 23.0 Å². The number of piperazine rings is 1. The van der Waals surface area contributed by atoms with E-state index in [9.17, 15) is 0 Å². The first kappa shape index (κ1) is 27.9. The largest absolute Gasteiger partial charge is 0.493 e. The Balaban J connectivity index is 1.36. The van der Waals surface area contributed by atoms with E-state index in [0.717, 1.165) is 71.9 Å². The summed E-state index contributed by atoms with van der Waals surface area (Å²) in [6.07, 6.45) is 0.834. The van der Waals surface area contributed by atoms with E-state index in [1.165, 1.54) is 5.69 Å². The van der Waals surface area contributed by atoms with Crippen LogP contribution in [0.4, 0.5) is 5.69 Å². The molecule has 0 aliphatic carbocycles. The molecule has 3 aromatic carbocycles. The van der Waals surface area contributed by atoms with Gasteiger partial charge in [-0.3, -0.25) is 9.58 Å². The third-order valence-electron chi connectivity index (χ3n) is 7.73. The van der Waals surface area contributed by atoms with Gasteiger partial charge in [-0.05, 0) is 48.4 Å². The molecule has 1 aliphatic rings. The number of halogens is 1. The quantitative estimate of drug-likeness (QED) is 0.254. The van der Waals surface area contributed by atoms with Crippen LogP contribution < -0.4 is 23.8 Å². The molecule has 2 heterocycles. The Hall–Kier alpha value is -3.62. The normalized spacial score (nSPS) is 14.0. The number of hydrogen-bond donors (Lipinski definition) is 0. The average Bonchev–Trinajstić information content (AvgIpc) is 3.32. The number of methoxy groups -OCH3 is 4. The van der Waals surface area contributed by atoms with E-state index in [1.807, 2.05) is 47.1 Å². The van der Waals surface area contributed by atoms with Crippen molar-refractivity contribution in [3.8, 4) is 23.0 Å². The molecular formula is C31H37ClN4O4. The summed E-state index contributed by atoms with van der Waals surface area (Å²) in [6, 6.07) is 16.2. The van der Waals surface area contributed by atoms with Gasteiger partial charge in [-0.1, -0.05) is 23.7 Å². The predicted octanol–water partition coefficient (Wildman–Crippen LogP) is 5.45. The molecule has 0 saturated carbocycles. The molecule has 9 heteroatoms. The van der Waals surface area contributed by atoms with Crippen LogP contribution in [0.2, 0.25) is 5.02 Å². The summed E-state index contributed by atoms with van der Waals surface area (Å²) < 4.78 is 24.2. The van der Waals surface area contributed by atoms with Gasteiger partial charge < -0.3 is 23.8 Å². The van der Waals surface area contributed by atoms with Gasteiger partial charge in [0.25, 0.3) is 0 Å². The van der Waals surface area contributed by atoms with E-state index in [1.54, 1.807) is 28.4 Å². The molecule has 8 nitrogen and oxygen atoms in total.